The minimum absolute atomic E-state index is 0.505. The second-order valence-corrected chi connectivity index (χ2v) is 10.8. The zero-order chi connectivity index (χ0) is 29.8. The number of ether oxygens (including phenoxy) is 1. The summed E-state index contributed by atoms with van der Waals surface area (Å²) in [4.78, 5) is 7.98. The molecule has 0 aliphatic heterocycles. The van der Waals surface area contributed by atoms with Gasteiger partial charge in [-0.2, -0.15) is 0 Å². The van der Waals surface area contributed by atoms with Crippen LogP contribution in [0.4, 0.5) is 0 Å². The van der Waals surface area contributed by atoms with E-state index in [9.17, 15) is 5.11 Å². The predicted molar refractivity (Wildman–Crippen MR) is 175 cm³/mol. The number of methoxy groups -OCH3 is 1. The molecule has 3 N–H and O–H groups in total. The van der Waals surface area contributed by atoms with Crippen molar-refractivity contribution >= 4 is 27.8 Å². The first-order chi connectivity index (χ1) is 19.9. The second-order valence-electron chi connectivity index (χ2n) is 9.81. The fraction of sp³-hybridized carbons (Fsp3) is 0.286. The number of pyridine rings is 1. The molecule has 2 aromatic carbocycles. The number of rotatable bonds is 11. The summed E-state index contributed by atoms with van der Waals surface area (Å²) in [6, 6.07) is 20.5. The van der Waals surface area contributed by atoms with Crippen LogP contribution in [-0.4, -0.2) is 42.7 Å². The summed E-state index contributed by atoms with van der Waals surface area (Å²) in [7, 11) is 5.68. The number of benzene rings is 2. The standard InChI is InChI=1S/C33H37N3O2S.C2H6/c1-5-6-8-14-25(23-34)26-20-27-21-28(19-24-12-9-7-10-13-24)32(38-4)35-31(27)29(22-26)33(37,16-17-36(2)3)30-15-11-18-39-30;1-2/h5-15,18,20-23,37H,16-17,19,34H2,1-4H3;1-2H3/b6-5-,14-8-,25-23+;. The summed E-state index contributed by atoms with van der Waals surface area (Å²) >= 11 is 1.55. The van der Waals surface area contributed by atoms with E-state index in [0.717, 1.165) is 38.0 Å². The maximum atomic E-state index is 12.5. The van der Waals surface area contributed by atoms with Gasteiger partial charge in [0.15, 0.2) is 0 Å². The van der Waals surface area contributed by atoms with Crippen LogP contribution in [0.1, 0.15) is 54.3 Å². The molecule has 0 amide bonds. The van der Waals surface area contributed by atoms with Gasteiger partial charge in [-0.25, -0.2) is 4.98 Å². The van der Waals surface area contributed by atoms with Crippen LogP contribution in [0, 0.1) is 0 Å². The highest BCUT2D eigenvalue weighted by Gasteiger charge is 2.35. The van der Waals surface area contributed by atoms with Gasteiger partial charge < -0.3 is 20.5 Å². The van der Waals surface area contributed by atoms with Crippen molar-refractivity contribution in [3.8, 4) is 5.88 Å². The predicted octanol–water partition coefficient (Wildman–Crippen LogP) is 7.54. The van der Waals surface area contributed by atoms with E-state index in [-0.39, 0.29) is 0 Å². The third-order valence-electron chi connectivity index (χ3n) is 6.78. The number of aromatic nitrogens is 1. The van der Waals surface area contributed by atoms with Crippen molar-refractivity contribution in [3.05, 3.63) is 124 Å². The summed E-state index contributed by atoms with van der Waals surface area (Å²) in [5.41, 5.74) is 10.3. The highest BCUT2D eigenvalue weighted by molar-refractivity contribution is 7.10. The Morgan fingerprint density at radius 1 is 1.07 bits per heavy atom. The van der Waals surface area contributed by atoms with Gasteiger partial charge in [-0.15, -0.1) is 11.3 Å². The topological polar surface area (TPSA) is 71.6 Å². The lowest BCUT2D eigenvalue weighted by Gasteiger charge is -2.31. The van der Waals surface area contributed by atoms with Gasteiger partial charge in [-0.05, 0) is 73.8 Å². The molecule has 4 rings (SSSR count). The number of hydrogen-bond acceptors (Lipinski definition) is 6. The largest absolute Gasteiger partial charge is 0.481 e. The van der Waals surface area contributed by atoms with E-state index >= 15 is 0 Å². The number of aliphatic hydroxyl groups is 1. The van der Waals surface area contributed by atoms with Gasteiger partial charge in [0.05, 0.1) is 12.6 Å². The molecule has 4 aromatic rings. The Morgan fingerprint density at radius 2 is 1.83 bits per heavy atom. The quantitative estimate of drug-likeness (QED) is 0.183. The van der Waals surface area contributed by atoms with E-state index in [1.54, 1.807) is 24.6 Å². The molecule has 0 aliphatic carbocycles. The average Bonchev–Trinajstić information content (AvgIpc) is 3.55. The fourth-order valence-corrected chi connectivity index (χ4v) is 5.59. The van der Waals surface area contributed by atoms with Crippen LogP contribution in [0.15, 0.2) is 96.5 Å². The highest BCUT2D eigenvalue weighted by atomic mass is 32.1. The first-order valence-electron chi connectivity index (χ1n) is 14.1. The van der Waals surface area contributed by atoms with Crippen molar-refractivity contribution in [2.24, 2.45) is 5.73 Å². The third-order valence-corrected chi connectivity index (χ3v) is 7.80. The molecule has 2 heterocycles. The number of allylic oxidation sites excluding steroid dienone is 5. The van der Waals surface area contributed by atoms with Gasteiger partial charge in [0.2, 0.25) is 5.88 Å². The molecule has 0 saturated carbocycles. The first kappa shape index (κ1) is 31.8. The molecule has 41 heavy (non-hydrogen) atoms. The number of hydrogen-bond donors (Lipinski definition) is 2. The summed E-state index contributed by atoms with van der Waals surface area (Å²) < 4.78 is 5.80. The Kier molecular flexibility index (Phi) is 11.9. The molecule has 2 aromatic heterocycles. The van der Waals surface area contributed by atoms with Crippen LogP contribution in [0.25, 0.3) is 16.5 Å². The van der Waals surface area contributed by atoms with Crippen LogP contribution < -0.4 is 10.5 Å². The van der Waals surface area contributed by atoms with Crippen molar-refractivity contribution in [2.45, 2.75) is 39.2 Å². The highest BCUT2D eigenvalue weighted by Crippen LogP contribution is 2.41. The summed E-state index contributed by atoms with van der Waals surface area (Å²) in [6.07, 6.45) is 10.7. The van der Waals surface area contributed by atoms with Crippen molar-refractivity contribution in [1.29, 1.82) is 0 Å². The van der Waals surface area contributed by atoms with E-state index < -0.39 is 5.60 Å². The molecule has 1 atom stereocenters. The van der Waals surface area contributed by atoms with Gasteiger partial charge >= 0.3 is 0 Å². The van der Waals surface area contributed by atoms with Crippen LogP contribution in [0.3, 0.4) is 0 Å². The van der Waals surface area contributed by atoms with Crippen LogP contribution in [0.5, 0.6) is 5.88 Å². The van der Waals surface area contributed by atoms with E-state index in [2.05, 4.69) is 29.2 Å². The number of nitrogens with zero attached hydrogens (tertiary/aromatic N) is 2. The zero-order valence-electron chi connectivity index (χ0n) is 25.1. The molecule has 216 valence electrons. The van der Waals surface area contributed by atoms with E-state index in [1.165, 1.54) is 5.56 Å². The Morgan fingerprint density at radius 3 is 2.44 bits per heavy atom. The van der Waals surface area contributed by atoms with Gasteiger partial charge in [-0.1, -0.05) is 74.5 Å². The molecule has 0 spiro atoms. The van der Waals surface area contributed by atoms with E-state index in [1.807, 2.05) is 101 Å². The minimum Gasteiger partial charge on any atom is -0.481 e. The van der Waals surface area contributed by atoms with E-state index in [4.69, 9.17) is 15.5 Å². The number of fused-ring (bicyclic) bond motifs is 1. The molecule has 0 saturated heterocycles. The molecule has 0 fully saturated rings. The van der Waals surface area contributed by atoms with Crippen molar-refractivity contribution in [2.75, 3.05) is 27.7 Å². The zero-order valence-corrected chi connectivity index (χ0v) is 25.9. The molecule has 5 nitrogen and oxygen atoms in total. The molecule has 0 bridgehead atoms. The lowest BCUT2D eigenvalue weighted by molar-refractivity contribution is 0.0678. The molecule has 0 aliphatic rings. The molecule has 1 unspecified atom stereocenters. The maximum Gasteiger partial charge on any atom is 0.217 e. The summed E-state index contributed by atoms with van der Waals surface area (Å²) in [5.74, 6) is 0.559. The number of nitrogens with two attached hydrogens (primary N) is 1. The Labute approximate surface area is 249 Å². The Balaban J connectivity index is 0.00000226. The van der Waals surface area contributed by atoms with Crippen molar-refractivity contribution in [3.63, 3.8) is 0 Å². The molecular weight excluding hydrogens is 526 g/mol. The van der Waals surface area contributed by atoms with Crippen molar-refractivity contribution < 1.29 is 9.84 Å². The normalized spacial score (nSPS) is 13.5. The number of thiophene rings is 1. The van der Waals surface area contributed by atoms with Crippen LogP contribution in [-0.2, 0) is 12.0 Å². The van der Waals surface area contributed by atoms with Crippen LogP contribution >= 0.6 is 11.3 Å². The summed E-state index contributed by atoms with van der Waals surface area (Å²) in [6.45, 7) is 6.67. The minimum atomic E-state index is -1.25. The Bertz CT molecular complexity index is 1470. The van der Waals surface area contributed by atoms with Crippen molar-refractivity contribution in [1.82, 2.24) is 9.88 Å². The van der Waals surface area contributed by atoms with Gasteiger partial charge in [0, 0.05) is 40.6 Å². The summed E-state index contributed by atoms with van der Waals surface area (Å²) in [5, 5.41) is 15.4. The fourth-order valence-electron chi connectivity index (χ4n) is 4.72. The van der Waals surface area contributed by atoms with Gasteiger partial charge in [-0.3, -0.25) is 0 Å². The van der Waals surface area contributed by atoms with Crippen LogP contribution in [0.2, 0.25) is 0 Å². The lowest BCUT2D eigenvalue weighted by Crippen LogP contribution is -2.31. The smallest absolute Gasteiger partial charge is 0.217 e. The SMILES string of the molecule is CC.C\C=C/C=C\C(=C/N)c1cc(C(O)(CCN(C)C)c2cccs2)c2nc(OC)c(Cc3ccccc3)cc2c1. The van der Waals surface area contributed by atoms with Gasteiger partial charge in [0.1, 0.15) is 5.60 Å². The van der Waals surface area contributed by atoms with E-state index in [0.29, 0.717) is 25.3 Å². The molecule has 0 radical (unpaired) electrons. The second kappa shape index (κ2) is 15.3. The lowest BCUT2D eigenvalue weighted by atomic mass is 9.84. The maximum absolute atomic E-state index is 12.5. The average molecular weight is 570 g/mol. The van der Waals surface area contributed by atoms with Gasteiger partial charge in [0.25, 0.3) is 0 Å². The Hall–Kier alpha value is -3.71. The monoisotopic (exact) mass is 569 g/mol. The molecular formula is C35H43N3O2S. The third kappa shape index (κ3) is 7.73. The first-order valence-corrected chi connectivity index (χ1v) is 15.0. The molecule has 6 heteroatoms.